The predicted octanol–water partition coefficient (Wildman–Crippen LogP) is 4.13. The molecule has 1 aromatic carbocycles. The highest BCUT2D eigenvalue weighted by atomic mass is 79.9. The van der Waals surface area contributed by atoms with Crippen LogP contribution in [0.3, 0.4) is 0 Å². The van der Waals surface area contributed by atoms with Gasteiger partial charge in [0.1, 0.15) is 0 Å². The Morgan fingerprint density at radius 1 is 1.33 bits per heavy atom. The van der Waals surface area contributed by atoms with Crippen molar-refractivity contribution in [3.63, 3.8) is 0 Å². The average Bonchev–Trinajstić information content (AvgIpc) is 2.95. The molecule has 1 unspecified atom stereocenters. The van der Waals surface area contributed by atoms with Gasteiger partial charge in [-0.15, -0.1) is 0 Å². The molecular weight excluding hydrogens is 330 g/mol. The summed E-state index contributed by atoms with van der Waals surface area (Å²) in [5.41, 5.74) is 2.16. The number of hydrogen-bond donors (Lipinski definition) is 1. The van der Waals surface area contributed by atoms with E-state index in [2.05, 4.69) is 52.2 Å². The number of aryl methyl sites for hydroxylation is 1. The minimum atomic E-state index is 0.392. The van der Waals surface area contributed by atoms with E-state index in [9.17, 15) is 0 Å². The molecule has 0 saturated heterocycles. The Morgan fingerprint density at radius 3 is 2.81 bits per heavy atom. The van der Waals surface area contributed by atoms with Crippen LogP contribution in [0.5, 0.6) is 0 Å². The maximum atomic E-state index is 5.39. The lowest BCUT2D eigenvalue weighted by Crippen LogP contribution is -2.31. The molecule has 114 valence electrons. The molecule has 0 fully saturated rings. The van der Waals surface area contributed by atoms with Crippen molar-refractivity contribution in [3.8, 4) is 11.4 Å². The normalized spacial score (nSPS) is 12.6. The maximum Gasteiger partial charge on any atom is 0.228 e. The largest absolute Gasteiger partial charge is 0.339 e. The summed E-state index contributed by atoms with van der Waals surface area (Å²) in [5.74, 6) is 1.34. The van der Waals surface area contributed by atoms with Crippen molar-refractivity contribution in [2.24, 2.45) is 0 Å². The predicted molar refractivity (Wildman–Crippen MR) is 88.2 cm³/mol. The Bertz CT molecular complexity index is 583. The molecule has 0 spiro atoms. The molecule has 1 aromatic heterocycles. The number of nitrogens with one attached hydrogen (secondary N) is 1. The fraction of sp³-hybridized carbons (Fsp3) is 0.500. The van der Waals surface area contributed by atoms with Crippen LogP contribution in [0.15, 0.2) is 27.2 Å². The third-order valence-electron chi connectivity index (χ3n) is 3.49. The SMILES string of the molecule is CCCNC(CC)Cc1nc(-c2ccc(C)c(Br)c2)no1. The number of benzene rings is 1. The lowest BCUT2D eigenvalue weighted by atomic mass is 10.1. The third-order valence-corrected chi connectivity index (χ3v) is 4.35. The zero-order valence-corrected chi connectivity index (χ0v) is 14.4. The number of nitrogens with zero attached hydrogens (tertiary/aromatic N) is 2. The smallest absolute Gasteiger partial charge is 0.228 e. The van der Waals surface area contributed by atoms with Crippen LogP contribution in [-0.2, 0) is 6.42 Å². The second kappa shape index (κ2) is 7.71. The first-order valence-corrected chi connectivity index (χ1v) is 8.25. The van der Waals surface area contributed by atoms with Gasteiger partial charge in [0.05, 0.1) is 0 Å². The first kappa shape index (κ1) is 16.2. The fourth-order valence-corrected chi connectivity index (χ4v) is 2.49. The molecule has 21 heavy (non-hydrogen) atoms. The van der Waals surface area contributed by atoms with E-state index in [1.54, 1.807) is 0 Å². The van der Waals surface area contributed by atoms with Crippen molar-refractivity contribution in [2.75, 3.05) is 6.54 Å². The topological polar surface area (TPSA) is 51.0 Å². The molecule has 0 aliphatic carbocycles. The first-order valence-electron chi connectivity index (χ1n) is 7.46. The summed E-state index contributed by atoms with van der Waals surface area (Å²) in [4.78, 5) is 4.51. The van der Waals surface area contributed by atoms with Gasteiger partial charge in [0.15, 0.2) is 0 Å². The second-order valence-corrected chi connectivity index (χ2v) is 6.09. The highest BCUT2D eigenvalue weighted by molar-refractivity contribution is 9.10. The van der Waals surface area contributed by atoms with Crippen LogP contribution in [0.2, 0.25) is 0 Å². The van der Waals surface area contributed by atoms with Crippen molar-refractivity contribution in [3.05, 3.63) is 34.1 Å². The van der Waals surface area contributed by atoms with Crippen molar-refractivity contribution < 1.29 is 4.52 Å². The van der Waals surface area contributed by atoms with Gasteiger partial charge >= 0.3 is 0 Å². The number of hydrogen-bond acceptors (Lipinski definition) is 4. The van der Waals surface area contributed by atoms with E-state index in [4.69, 9.17) is 4.52 Å². The zero-order chi connectivity index (χ0) is 15.2. The molecule has 0 bridgehead atoms. The Balaban J connectivity index is 2.08. The van der Waals surface area contributed by atoms with Gasteiger partial charge in [0, 0.05) is 22.5 Å². The Morgan fingerprint density at radius 2 is 2.14 bits per heavy atom. The highest BCUT2D eigenvalue weighted by Gasteiger charge is 2.14. The van der Waals surface area contributed by atoms with Crippen LogP contribution in [0, 0.1) is 6.92 Å². The fourth-order valence-electron chi connectivity index (χ4n) is 2.11. The molecule has 0 aliphatic heterocycles. The standard InChI is InChI=1S/C16H22BrN3O/c1-4-8-18-13(5-2)10-15-19-16(20-21-15)12-7-6-11(3)14(17)9-12/h6-7,9,13,18H,4-5,8,10H2,1-3H3. The molecule has 2 rings (SSSR count). The molecule has 0 saturated carbocycles. The third kappa shape index (κ3) is 4.38. The molecule has 0 amide bonds. The Hall–Kier alpha value is -1.20. The molecule has 4 nitrogen and oxygen atoms in total. The minimum Gasteiger partial charge on any atom is -0.339 e. The summed E-state index contributed by atoms with van der Waals surface area (Å²) in [6.45, 7) is 7.41. The van der Waals surface area contributed by atoms with E-state index in [0.29, 0.717) is 17.8 Å². The second-order valence-electron chi connectivity index (χ2n) is 5.24. The van der Waals surface area contributed by atoms with Gasteiger partial charge in [-0.1, -0.05) is 47.1 Å². The molecule has 0 radical (unpaired) electrons. The van der Waals surface area contributed by atoms with Gasteiger partial charge in [-0.05, 0) is 37.9 Å². The first-order chi connectivity index (χ1) is 10.1. The van der Waals surface area contributed by atoms with E-state index in [1.165, 1.54) is 5.56 Å². The summed E-state index contributed by atoms with van der Waals surface area (Å²) in [6, 6.07) is 6.48. The van der Waals surface area contributed by atoms with Crippen LogP contribution in [0.25, 0.3) is 11.4 Å². The van der Waals surface area contributed by atoms with Crippen LogP contribution in [0.4, 0.5) is 0 Å². The lowest BCUT2D eigenvalue weighted by molar-refractivity contribution is 0.354. The van der Waals surface area contributed by atoms with E-state index < -0.39 is 0 Å². The molecule has 0 aliphatic rings. The highest BCUT2D eigenvalue weighted by Crippen LogP contribution is 2.23. The van der Waals surface area contributed by atoms with Crippen LogP contribution >= 0.6 is 15.9 Å². The molecule has 5 heteroatoms. The van der Waals surface area contributed by atoms with Crippen molar-refractivity contribution in [1.29, 1.82) is 0 Å². The van der Waals surface area contributed by atoms with E-state index in [1.807, 2.05) is 18.2 Å². The molecule has 1 heterocycles. The van der Waals surface area contributed by atoms with Gasteiger partial charge in [-0.25, -0.2) is 0 Å². The van der Waals surface area contributed by atoms with Gasteiger partial charge in [0.25, 0.3) is 0 Å². The Labute approximate surface area is 134 Å². The van der Waals surface area contributed by atoms with Gasteiger partial charge in [-0.2, -0.15) is 4.98 Å². The zero-order valence-electron chi connectivity index (χ0n) is 12.8. The number of halogens is 1. The summed E-state index contributed by atoms with van der Waals surface area (Å²) < 4.78 is 6.44. The van der Waals surface area contributed by atoms with Gasteiger partial charge < -0.3 is 9.84 Å². The number of rotatable bonds is 7. The summed E-state index contributed by atoms with van der Waals surface area (Å²) in [7, 11) is 0. The van der Waals surface area contributed by atoms with Gasteiger partial charge in [-0.3, -0.25) is 0 Å². The van der Waals surface area contributed by atoms with Crippen LogP contribution in [0.1, 0.15) is 38.1 Å². The van der Waals surface area contributed by atoms with E-state index in [0.717, 1.165) is 35.8 Å². The molecule has 1 atom stereocenters. The monoisotopic (exact) mass is 351 g/mol. The van der Waals surface area contributed by atoms with Crippen LogP contribution < -0.4 is 5.32 Å². The molecule has 2 aromatic rings. The average molecular weight is 352 g/mol. The van der Waals surface area contributed by atoms with Crippen molar-refractivity contribution in [2.45, 2.75) is 46.1 Å². The van der Waals surface area contributed by atoms with Crippen molar-refractivity contribution in [1.82, 2.24) is 15.5 Å². The Kier molecular flexibility index (Phi) is 5.94. The quantitative estimate of drug-likeness (QED) is 0.814. The maximum absolute atomic E-state index is 5.39. The molecule has 1 N–H and O–H groups in total. The lowest BCUT2D eigenvalue weighted by Gasteiger charge is -2.13. The minimum absolute atomic E-state index is 0.392. The summed E-state index contributed by atoms with van der Waals surface area (Å²) in [6.07, 6.45) is 2.95. The van der Waals surface area contributed by atoms with E-state index in [-0.39, 0.29) is 0 Å². The molecular formula is C16H22BrN3O. The van der Waals surface area contributed by atoms with Gasteiger partial charge in [0.2, 0.25) is 11.7 Å². The summed E-state index contributed by atoms with van der Waals surface area (Å²) >= 11 is 3.53. The number of aromatic nitrogens is 2. The van der Waals surface area contributed by atoms with Crippen molar-refractivity contribution >= 4 is 15.9 Å². The van der Waals surface area contributed by atoms with E-state index >= 15 is 0 Å². The van der Waals surface area contributed by atoms with Crippen LogP contribution in [-0.4, -0.2) is 22.7 Å². The summed E-state index contributed by atoms with van der Waals surface area (Å²) in [5, 5.41) is 7.59.